The predicted octanol–water partition coefficient (Wildman–Crippen LogP) is 1.63. The number of pyridine rings is 1. The lowest BCUT2D eigenvalue weighted by Crippen LogP contribution is -2.21. The molecule has 1 heterocycles. The molecule has 0 bridgehead atoms. The van der Waals surface area contributed by atoms with Crippen LogP contribution in [0.25, 0.3) is 0 Å². The number of hydrogen-bond donors (Lipinski definition) is 1. The van der Waals surface area contributed by atoms with Crippen molar-refractivity contribution < 1.29 is 9.90 Å². The summed E-state index contributed by atoms with van der Waals surface area (Å²) in [4.78, 5) is 16.6. The van der Waals surface area contributed by atoms with Crippen LogP contribution in [0, 0.1) is 0 Å². The highest BCUT2D eigenvalue weighted by atomic mass is 16.4. The van der Waals surface area contributed by atoms with Crippen LogP contribution in [0.2, 0.25) is 0 Å². The molecule has 0 unspecified atom stereocenters. The molecule has 76 valence electrons. The third-order valence-electron chi connectivity index (χ3n) is 1.96. The molecule has 0 saturated carbocycles. The van der Waals surface area contributed by atoms with Crippen molar-refractivity contribution in [2.45, 2.75) is 13.3 Å². The maximum atomic E-state index is 10.8. The first kappa shape index (κ1) is 10.5. The minimum absolute atomic E-state index is 0.114. The molecule has 0 spiro atoms. The van der Waals surface area contributed by atoms with Crippen LogP contribution in [-0.2, 0) is 0 Å². The van der Waals surface area contributed by atoms with Gasteiger partial charge in [0.2, 0.25) is 0 Å². The van der Waals surface area contributed by atoms with Crippen LogP contribution in [0.1, 0.15) is 23.8 Å². The number of anilines is 1. The summed E-state index contributed by atoms with van der Waals surface area (Å²) in [6, 6.07) is 3.51. The van der Waals surface area contributed by atoms with Gasteiger partial charge in [-0.2, -0.15) is 0 Å². The molecule has 0 aromatic carbocycles. The summed E-state index contributed by atoms with van der Waals surface area (Å²) in [6.07, 6.45) is 2.47. The van der Waals surface area contributed by atoms with E-state index in [1.807, 2.05) is 18.9 Å². The first-order valence-corrected chi connectivity index (χ1v) is 4.56. The van der Waals surface area contributed by atoms with Crippen molar-refractivity contribution in [1.29, 1.82) is 0 Å². The summed E-state index contributed by atoms with van der Waals surface area (Å²) in [7, 11) is 1.87. The molecule has 14 heavy (non-hydrogen) atoms. The quantitative estimate of drug-likeness (QED) is 0.791. The summed E-state index contributed by atoms with van der Waals surface area (Å²) in [5, 5.41) is 8.89. The molecule has 4 heteroatoms. The average molecular weight is 194 g/mol. The van der Waals surface area contributed by atoms with Crippen LogP contribution in [-0.4, -0.2) is 29.7 Å². The highest BCUT2D eigenvalue weighted by molar-refractivity contribution is 5.92. The third kappa shape index (κ3) is 2.22. The molecule has 0 aliphatic carbocycles. The van der Waals surface area contributed by atoms with Gasteiger partial charge in [-0.3, -0.25) is 0 Å². The van der Waals surface area contributed by atoms with Gasteiger partial charge in [0, 0.05) is 19.8 Å². The molecule has 1 aromatic heterocycles. The van der Waals surface area contributed by atoms with Gasteiger partial charge in [-0.25, -0.2) is 9.78 Å². The number of carbonyl (C=O) groups is 1. The van der Waals surface area contributed by atoms with Crippen molar-refractivity contribution >= 4 is 11.7 Å². The van der Waals surface area contributed by atoms with Crippen LogP contribution < -0.4 is 4.90 Å². The van der Waals surface area contributed by atoms with Crippen molar-refractivity contribution in [1.82, 2.24) is 4.98 Å². The van der Waals surface area contributed by atoms with E-state index in [1.54, 1.807) is 12.1 Å². The zero-order valence-corrected chi connectivity index (χ0v) is 8.40. The molecule has 0 fully saturated rings. The largest absolute Gasteiger partial charge is 0.476 e. The van der Waals surface area contributed by atoms with E-state index in [0.717, 1.165) is 13.0 Å². The van der Waals surface area contributed by atoms with Crippen LogP contribution in [0.3, 0.4) is 0 Å². The molecule has 1 N–H and O–H groups in total. The Balaban J connectivity index is 3.00. The first-order valence-electron chi connectivity index (χ1n) is 4.56. The molecule has 0 aliphatic heterocycles. The van der Waals surface area contributed by atoms with E-state index >= 15 is 0 Å². The third-order valence-corrected chi connectivity index (χ3v) is 1.96. The van der Waals surface area contributed by atoms with Gasteiger partial charge in [0.1, 0.15) is 0 Å². The average Bonchev–Trinajstić information content (AvgIpc) is 2.18. The normalized spacial score (nSPS) is 9.86. The van der Waals surface area contributed by atoms with Crippen molar-refractivity contribution in [2.24, 2.45) is 0 Å². The molecule has 4 nitrogen and oxygen atoms in total. The highest BCUT2D eigenvalue weighted by Gasteiger charge is 2.13. The lowest BCUT2D eigenvalue weighted by atomic mass is 10.2. The number of aromatic carboxylic acids is 1. The molecule has 0 aliphatic rings. The van der Waals surface area contributed by atoms with Crippen LogP contribution in [0.15, 0.2) is 18.3 Å². The van der Waals surface area contributed by atoms with Gasteiger partial charge >= 0.3 is 5.97 Å². The van der Waals surface area contributed by atoms with E-state index in [-0.39, 0.29) is 5.69 Å². The van der Waals surface area contributed by atoms with Crippen molar-refractivity contribution in [3.05, 3.63) is 24.0 Å². The molecule has 0 atom stereocenters. The standard InChI is InChI=1S/C10H14N2O2/c1-3-7-12(2)8-5-4-6-11-9(8)10(13)14/h4-6H,3,7H2,1-2H3,(H,13,14). The Hall–Kier alpha value is -1.58. The monoisotopic (exact) mass is 194 g/mol. The van der Waals surface area contributed by atoms with Crippen molar-refractivity contribution in [3.63, 3.8) is 0 Å². The SMILES string of the molecule is CCCN(C)c1cccnc1C(=O)O. The van der Waals surface area contributed by atoms with Gasteiger partial charge in [0.15, 0.2) is 5.69 Å². The lowest BCUT2D eigenvalue weighted by Gasteiger charge is -2.19. The lowest BCUT2D eigenvalue weighted by molar-refractivity contribution is 0.0691. The van der Waals surface area contributed by atoms with E-state index in [2.05, 4.69) is 4.98 Å². The van der Waals surface area contributed by atoms with E-state index in [1.165, 1.54) is 6.20 Å². The number of nitrogens with zero attached hydrogens (tertiary/aromatic N) is 2. The minimum Gasteiger partial charge on any atom is -0.476 e. The van der Waals surface area contributed by atoms with Crippen molar-refractivity contribution in [2.75, 3.05) is 18.5 Å². The number of hydrogen-bond acceptors (Lipinski definition) is 3. The Morgan fingerprint density at radius 3 is 2.93 bits per heavy atom. The number of aromatic nitrogens is 1. The fraction of sp³-hybridized carbons (Fsp3) is 0.400. The Morgan fingerprint density at radius 1 is 1.64 bits per heavy atom. The second-order valence-corrected chi connectivity index (χ2v) is 3.10. The van der Waals surface area contributed by atoms with Gasteiger partial charge in [0.05, 0.1) is 5.69 Å². The molecule has 0 amide bonds. The van der Waals surface area contributed by atoms with E-state index in [4.69, 9.17) is 5.11 Å². The minimum atomic E-state index is -0.983. The van der Waals surface area contributed by atoms with Crippen LogP contribution in [0.5, 0.6) is 0 Å². The van der Waals surface area contributed by atoms with E-state index in [0.29, 0.717) is 5.69 Å². The number of rotatable bonds is 4. The molecule has 1 aromatic rings. The summed E-state index contributed by atoms with van der Waals surface area (Å²) in [6.45, 7) is 2.87. The Labute approximate surface area is 83.2 Å². The van der Waals surface area contributed by atoms with E-state index in [9.17, 15) is 4.79 Å². The molecule has 0 saturated heterocycles. The fourth-order valence-electron chi connectivity index (χ4n) is 1.33. The Morgan fingerprint density at radius 2 is 2.36 bits per heavy atom. The topological polar surface area (TPSA) is 53.4 Å². The summed E-state index contributed by atoms with van der Waals surface area (Å²) < 4.78 is 0. The molecule has 0 radical (unpaired) electrons. The zero-order valence-electron chi connectivity index (χ0n) is 8.40. The fourth-order valence-corrected chi connectivity index (χ4v) is 1.33. The first-order chi connectivity index (χ1) is 6.66. The second kappa shape index (κ2) is 4.60. The summed E-state index contributed by atoms with van der Waals surface area (Å²) in [5.74, 6) is -0.983. The molecular formula is C10H14N2O2. The Bertz CT molecular complexity index is 326. The van der Waals surface area contributed by atoms with Gasteiger partial charge in [0.25, 0.3) is 0 Å². The van der Waals surface area contributed by atoms with Crippen molar-refractivity contribution in [3.8, 4) is 0 Å². The zero-order chi connectivity index (χ0) is 10.6. The predicted molar refractivity (Wildman–Crippen MR) is 54.8 cm³/mol. The van der Waals surface area contributed by atoms with E-state index < -0.39 is 5.97 Å². The van der Waals surface area contributed by atoms with Gasteiger partial charge in [-0.15, -0.1) is 0 Å². The summed E-state index contributed by atoms with van der Waals surface area (Å²) in [5.41, 5.74) is 0.783. The highest BCUT2D eigenvalue weighted by Crippen LogP contribution is 2.16. The number of carboxylic acid groups (broad SMARTS) is 1. The maximum Gasteiger partial charge on any atom is 0.356 e. The van der Waals surface area contributed by atoms with Gasteiger partial charge in [-0.05, 0) is 18.6 Å². The van der Waals surface area contributed by atoms with Gasteiger partial charge in [-0.1, -0.05) is 6.92 Å². The van der Waals surface area contributed by atoms with Crippen LogP contribution in [0.4, 0.5) is 5.69 Å². The van der Waals surface area contributed by atoms with Crippen LogP contribution >= 0.6 is 0 Å². The molecule has 1 rings (SSSR count). The smallest absolute Gasteiger partial charge is 0.356 e. The number of carboxylic acids is 1. The molecular weight excluding hydrogens is 180 g/mol. The second-order valence-electron chi connectivity index (χ2n) is 3.10. The maximum absolute atomic E-state index is 10.8. The Kier molecular flexibility index (Phi) is 3.45. The summed E-state index contributed by atoms with van der Waals surface area (Å²) >= 11 is 0. The van der Waals surface area contributed by atoms with Gasteiger partial charge < -0.3 is 10.0 Å².